The molecule has 0 saturated carbocycles. The smallest absolute Gasteiger partial charge is 0.164 e. The molecule has 0 amide bonds. The minimum absolute atomic E-state index is 0.581. The van der Waals surface area contributed by atoms with Crippen LogP contribution in [0.1, 0.15) is 0 Å². The number of benzene rings is 8. The highest BCUT2D eigenvalue weighted by atomic mass is 16.3. The van der Waals surface area contributed by atoms with Crippen molar-refractivity contribution < 1.29 is 4.42 Å². The van der Waals surface area contributed by atoms with Crippen molar-refractivity contribution in [3.63, 3.8) is 0 Å². The Morgan fingerprint density at radius 3 is 1.65 bits per heavy atom. The Balaban J connectivity index is 1.33. The SMILES string of the molecule is c1ccc(-c2nc(-c3ccccc3)nc(-c3cc4ccccc4c4oc5cccc(N(c6ccccc6)c6cccc7ccccc67)c5c34)n2)cc1. The average molecular weight is 667 g/mol. The summed E-state index contributed by atoms with van der Waals surface area (Å²) in [6, 6.07) is 62.6. The Bertz CT molecular complexity index is 2840. The van der Waals surface area contributed by atoms with Gasteiger partial charge in [0.1, 0.15) is 11.2 Å². The van der Waals surface area contributed by atoms with Gasteiger partial charge >= 0.3 is 0 Å². The Kier molecular flexibility index (Phi) is 7.07. The first-order valence-corrected chi connectivity index (χ1v) is 17.4. The Hall–Kier alpha value is -7.11. The van der Waals surface area contributed by atoms with Crippen LogP contribution in [0.15, 0.2) is 186 Å². The summed E-state index contributed by atoms with van der Waals surface area (Å²) >= 11 is 0. The molecule has 52 heavy (non-hydrogen) atoms. The van der Waals surface area contributed by atoms with Gasteiger partial charge in [0, 0.05) is 38.5 Å². The minimum Gasteiger partial charge on any atom is -0.455 e. The lowest BCUT2D eigenvalue weighted by atomic mass is 9.98. The molecule has 8 aromatic carbocycles. The number of nitrogens with zero attached hydrogens (tertiary/aromatic N) is 4. The van der Waals surface area contributed by atoms with Gasteiger partial charge in [-0.1, -0.05) is 146 Å². The first-order valence-electron chi connectivity index (χ1n) is 17.4. The maximum atomic E-state index is 6.91. The first kappa shape index (κ1) is 29.8. The lowest BCUT2D eigenvalue weighted by Crippen LogP contribution is -2.10. The molecule has 0 spiro atoms. The second-order valence-corrected chi connectivity index (χ2v) is 12.8. The van der Waals surface area contributed by atoms with Crippen LogP contribution in [0.5, 0.6) is 0 Å². The van der Waals surface area contributed by atoms with Crippen molar-refractivity contribution >= 4 is 60.5 Å². The lowest BCUT2D eigenvalue weighted by molar-refractivity contribution is 0.673. The Morgan fingerprint density at radius 2 is 0.942 bits per heavy atom. The van der Waals surface area contributed by atoms with Gasteiger partial charge in [-0.25, -0.2) is 15.0 Å². The number of hydrogen-bond acceptors (Lipinski definition) is 5. The second kappa shape index (κ2) is 12.3. The summed E-state index contributed by atoms with van der Waals surface area (Å²) in [5.74, 6) is 1.80. The van der Waals surface area contributed by atoms with Crippen molar-refractivity contribution in [2.75, 3.05) is 4.90 Å². The van der Waals surface area contributed by atoms with Gasteiger partial charge in [0.2, 0.25) is 0 Å². The van der Waals surface area contributed by atoms with Crippen molar-refractivity contribution in [3.8, 4) is 34.2 Å². The largest absolute Gasteiger partial charge is 0.455 e. The van der Waals surface area contributed by atoms with E-state index in [2.05, 4.69) is 126 Å². The van der Waals surface area contributed by atoms with Crippen LogP contribution in [-0.4, -0.2) is 15.0 Å². The predicted octanol–water partition coefficient (Wildman–Crippen LogP) is 12.5. The van der Waals surface area contributed by atoms with Crippen LogP contribution in [-0.2, 0) is 0 Å². The van der Waals surface area contributed by atoms with E-state index in [0.29, 0.717) is 17.5 Å². The normalized spacial score (nSPS) is 11.5. The number of fused-ring (bicyclic) bond motifs is 6. The summed E-state index contributed by atoms with van der Waals surface area (Å²) in [5, 5.41) is 6.33. The molecule has 0 atom stereocenters. The van der Waals surface area contributed by atoms with Crippen LogP contribution in [0.25, 0.3) is 77.6 Å². The number of para-hydroxylation sites is 1. The molecule has 0 unspecified atom stereocenters. The van der Waals surface area contributed by atoms with E-state index in [4.69, 9.17) is 19.4 Å². The number of aromatic nitrogens is 3. The molecule has 0 fully saturated rings. The van der Waals surface area contributed by atoms with E-state index in [1.54, 1.807) is 0 Å². The lowest BCUT2D eigenvalue weighted by Gasteiger charge is -2.27. The van der Waals surface area contributed by atoms with Gasteiger partial charge in [0.25, 0.3) is 0 Å². The molecule has 0 bridgehead atoms. The van der Waals surface area contributed by atoms with Crippen molar-refractivity contribution in [1.29, 1.82) is 0 Å². The highest BCUT2D eigenvalue weighted by molar-refractivity contribution is 6.24. The van der Waals surface area contributed by atoms with E-state index < -0.39 is 0 Å². The van der Waals surface area contributed by atoms with Crippen LogP contribution in [0.3, 0.4) is 0 Å². The van der Waals surface area contributed by atoms with Gasteiger partial charge in [-0.3, -0.25) is 0 Å². The van der Waals surface area contributed by atoms with E-state index in [0.717, 1.165) is 71.8 Å². The number of anilines is 3. The summed E-state index contributed by atoms with van der Waals surface area (Å²) in [6.45, 7) is 0. The fourth-order valence-corrected chi connectivity index (χ4v) is 7.31. The third-order valence-electron chi connectivity index (χ3n) is 9.67. The molecule has 0 N–H and O–H groups in total. The molecule has 0 aliphatic heterocycles. The minimum atomic E-state index is 0.581. The van der Waals surface area contributed by atoms with Crippen molar-refractivity contribution in [2.45, 2.75) is 0 Å². The summed E-state index contributed by atoms with van der Waals surface area (Å²) in [5.41, 5.74) is 7.41. The monoisotopic (exact) mass is 666 g/mol. The van der Waals surface area contributed by atoms with Crippen LogP contribution in [0.4, 0.5) is 17.1 Å². The van der Waals surface area contributed by atoms with Gasteiger partial charge in [-0.15, -0.1) is 0 Å². The zero-order chi connectivity index (χ0) is 34.4. The highest BCUT2D eigenvalue weighted by Crippen LogP contribution is 2.48. The van der Waals surface area contributed by atoms with Gasteiger partial charge in [0.15, 0.2) is 17.5 Å². The van der Waals surface area contributed by atoms with Crippen molar-refractivity contribution in [2.24, 2.45) is 0 Å². The van der Waals surface area contributed by atoms with E-state index in [-0.39, 0.29) is 0 Å². The van der Waals surface area contributed by atoms with Crippen LogP contribution < -0.4 is 4.90 Å². The summed E-state index contributed by atoms with van der Waals surface area (Å²) in [6.07, 6.45) is 0. The molecule has 2 heterocycles. The Morgan fingerprint density at radius 1 is 0.404 bits per heavy atom. The number of furan rings is 1. The van der Waals surface area contributed by atoms with E-state index in [1.165, 1.54) is 5.39 Å². The molecular formula is C47H30N4O. The maximum absolute atomic E-state index is 6.91. The van der Waals surface area contributed by atoms with Crippen LogP contribution >= 0.6 is 0 Å². The molecule has 0 aliphatic rings. The number of rotatable bonds is 6. The molecular weight excluding hydrogens is 637 g/mol. The fourth-order valence-electron chi connectivity index (χ4n) is 7.31. The summed E-state index contributed by atoms with van der Waals surface area (Å²) in [7, 11) is 0. The topological polar surface area (TPSA) is 55.1 Å². The third-order valence-corrected chi connectivity index (χ3v) is 9.67. The Labute approximate surface area is 300 Å². The molecule has 5 heteroatoms. The fraction of sp³-hybridized carbons (Fsp3) is 0. The summed E-state index contributed by atoms with van der Waals surface area (Å²) in [4.78, 5) is 17.7. The molecule has 2 aromatic heterocycles. The standard InChI is InChI=1S/C47H30N4O/c1-4-17-32(18-5-1)45-48-46(33-19-6-2-7-20-33)50-47(49-45)38-30-34-21-11-13-26-37(34)44-42(38)43-40(28-15-29-41(43)52-44)51(35-23-8-3-9-24-35)39-27-14-22-31-16-10-12-25-36(31)39/h1-30H. The van der Waals surface area contributed by atoms with Crippen molar-refractivity contribution in [1.82, 2.24) is 15.0 Å². The maximum Gasteiger partial charge on any atom is 0.164 e. The summed E-state index contributed by atoms with van der Waals surface area (Å²) < 4.78 is 6.91. The van der Waals surface area contributed by atoms with Gasteiger partial charge in [-0.2, -0.15) is 0 Å². The quantitative estimate of drug-likeness (QED) is 0.177. The van der Waals surface area contributed by atoms with E-state index >= 15 is 0 Å². The van der Waals surface area contributed by atoms with E-state index in [9.17, 15) is 0 Å². The van der Waals surface area contributed by atoms with Crippen LogP contribution in [0, 0.1) is 0 Å². The second-order valence-electron chi connectivity index (χ2n) is 12.8. The molecule has 244 valence electrons. The predicted molar refractivity (Wildman–Crippen MR) is 213 cm³/mol. The highest BCUT2D eigenvalue weighted by Gasteiger charge is 2.25. The van der Waals surface area contributed by atoms with E-state index in [1.807, 2.05) is 60.7 Å². The molecule has 0 radical (unpaired) electrons. The zero-order valence-electron chi connectivity index (χ0n) is 28.0. The third kappa shape index (κ3) is 4.98. The molecule has 0 saturated heterocycles. The van der Waals surface area contributed by atoms with Gasteiger partial charge in [-0.05, 0) is 47.2 Å². The zero-order valence-corrected chi connectivity index (χ0v) is 28.0. The van der Waals surface area contributed by atoms with Crippen LogP contribution in [0.2, 0.25) is 0 Å². The molecule has 0 aliphatic carbocycles. The van der Waals surface area contributed by atoms with Gasteiger partial charge < -0.3 is 9.32 Å². The molecule has 10 rings (SSSR count). The molecule has 10 aromatic rings. The van der Waals surface area contributed by atoms with Crippen molar-refractivity contribution in [3.05, 3.63) is 182 Å². The average Bonchev–Trinajstić information content (AvgIpc) is 3.63. The van der Waals surface area contributed by atoms with Gasteiger partial charge in [0.05, 0.1) is 16.8 Å². The number of hydrogen-bond donors (Lipinski definition) is 0. The first-order chi connectivity index (χ1) is 25.8. The molecule has 5 nitrogen and oxygen atoms in total.